The van der Waals surface area contributed by atoms with Crippen molar-refractivity contribution in [3.63, 3.8) is 0 Å². The number of halogens is 1. The van der Waals surface area contributed by atoms with Gasteiger partial charge in [-0.25, -0.2) is 13.6 Å². The molecule has 3 N–H and O–H groups in total. The third kappa shape index (κ3) is 5.62. The van der Waals surface area contributed by atoms with Gasteiger partial charge in [0.15, 0.2) is 5.82 Å². The van der Waals surface area contributed by atoms with Crippen LogP contribution in [-0.4, -0.2) is 70.2 Å². The number of nitrogens with zero attached hydrogens (tertiary/aromatic N) is 8. The van der Waals surface area contributed by atoms with Crippen LogP contribution in [0.15, 0.2) is 36.7 Å². The van der Waals surface area contributed by atoms with Crippen LogP contribution in [0.4, 0.5) is 10.1 Å². The Balaban J connectivity index is 1.41. The lowest BCUT2D eigenvalue weighted by Crippen LogP contribution is -2.42. The third-order valence-electron chi connectivity index (χ3n) is 7.35. The molecular formula is C27H31FN10O2. The highest BCUT2D eigenvalue weighted by molar-refractivity contribution is 6.00. The first-order valence-electron chi connectivity index (χ1n) is 13.2. The van der Waals surface area contributed by atoms with E-state index in [2.05, 4.69) is 42.3 Å². The van der Waals surface area contributed by atoms with E-state index in [0.29, 0.717) is 22.6 Å². The largest absolute Gasteiger partial charge is 0.387 e. The Morgan fingerprint density at radius 2 is 2.02 bits per heavy atom. The van der Waals surface area contributed by atoms with E-state index >= 15 is 0 Å². The van der Waals surface area contributed by atoms with Crippen molar-refractivity contribution in [1.29, 1.82) is 5.26 Å². The number of hydrogen-bond acceptors (Lipinski definition) is 9. The molecule has 40 heavy (non-hydrogen) atoms. The van der Waals surface area contributed by atoms with Crippen LogP contribution in [0.3, 0.4) is 0 Å². The minimum absolute atomic E-state index is 0.0879. The van der Waals surface area contributed by atoms with Crippen LogP contribution >= 0.6 is 0 Å². The van der Waals surface area contributed by atoms with E-state index in [-0.39, 0.29) is 24.1 Å². The van der Waals surface area contributed by atoms with Crippen LogP contribution in [0.25, 0.3) is 16.9 Å². The van der Waals surface area contributed by atoms with Crippen LogP contribution in [-0.2, 0) is 7.05 Å². The molecule has 13 heteroatoms. The second-order valence-corrected chi connectivity index (χ2v) is 10.7. The fraction of sp³-hybridized carbons (Fsp3) is 0.444. The van der Waals surface area contributed by atoms with Gasteiger partial charge in [-0.05, 0) is 74.2 Å². The van der Waals surface area contributed by atoms with Gasteiger partial charge in [0.05, 0.1) is 52.1 Å². The monoisotopic (exact) mass is 546 g/mol. The molecule has 5 rings (SSSR count). The van der Waals surface area contributed by atoms with Gasteiger partial charge in [-0.15, -0.1) is 5.10 Å². The number of alkyl halides is 1. The number of fused-ring (bicyclic) bond motifs is 1. The van der Waals surface area contributed by atoms with E-state index in [9.17, 15) is 19.6 Å². The molecule has 0 aromatic carbocycles. The number of carbonyl (C=O) groups is 1. The van der Waals surface area contributed by atoms with E-state index in [1.54, 1.807) is 21.3 Å². The number of aryl methyl sites for hydroxylation is 1. The Hall–Kier alpha value is -4.44. The lowest BCUT2D eigenvalue weighted by Gasteiger charge is -2.29. The molecule has 1 saturated carbocycles. The first-order chi connectivity index (χ1) is 19.1. The van der Waals surface area contributed by atoms with E-state index in [1.807, 2.05) is 19.2 Å². The molecule has 208 valence electrons. The average molecular weight is 547 g/mol. The fourth-order valence-electron chi connectivity index (χ4n) is 4.98. The average Bonchev–Trinajstić information content (AvgIpc) is 3.57. The van der Waals surface area contributed by atoms with Crippen molar-refractivity contribution >= 4 is 17.1 Å². The molecule has 1 aliphatic carbocycles. The van der Waals surface area contributed by atoms with Gasteiger partial charge in [0.1, 0.15) is 12.2 Å². The number of anilines is 1. The Labute approximate surface area is 230 Å². The van der Waals surface area contributed by atoms with Crippen molar-refractivity contribution in [2.24, 2.45) is 7.05 Å². The number of hydrogen-bond donors (Lipinski definition) is 3. The standard InChI is InChI=1S/C27H31FN10O2/c1-27(2,40)24(28)15-31-26(39)20-14-30-22(23-9-8-19-10-16(12-29)13-32-38(19)23)11-21(20)33-18-6-4-17(5-7-18)25-34-35-36-37(25)3/h8-11,13-14,17-18,24,40H,4-7,15H2,1-3H3,(H,30,33)(H,31,39)/t17?,18?,24-/m1/s1. The van der Waals surface area contributed by atoms with Crippen molar-refractivity contribution in [2.75, 3.05) is 11.9 Å². The highest BCUT2D eigenvalue weighted by Crippen LogP contribution is 2.34. The predicted molar refractivity (Wildman–Crippen MR) is 144 cm³/mol. The zero-order valence-electron chi connectivity index (χ0n) is 22.5. The fourth-order valence-corrected chi connectivity index (χ4v) is 4.98. The minimum atomic E-state index is -1.64. The molecule has 1 aliphatic rings. The number of aromatic nitrogens is 7. The molecule has 1 amide bonds. The quantitative estimate of drug-likeness (QED) is 0.302. The molecule has 0 aliphatic heterocycles. The molecule has 4 heterocycles. The number of pyridine rings is 1. The molecule has 0 radical (unpaired) electrons. The van der Waals surface area contributed by atoms with Crippen molar-refractivity contribution in [3.05, 3.63) is 53.6 Å². The maximum Gasteiger partial charge on any atom is 0.255 e. The Bertz CT molecular complexity index is 1560. The number of nitriles is 1. The van der Waals surface area contributed by atoms with Gasteiger partial charge in [0.2, 0.25) is 0 Å². The number of carbonyl (C=O) groups excluding carboxylic acids is 1. The normalized spacial score (nSPS) is 18.3. The predicted octanol–water partition coefficient (Wildman–Crippen LogP) is 2.77. The van der Waals surface area contributed by atoms with Gasteiger partial charge in [-0.3, -0.25) is 9.78 Å². The first-order valence-corrected chi connectivity index (χ1v) is 13.2. The molecule has 1 fully saturated rings. The van der Waals surface area contributed by atoms with E-state index in [4.69, 9.17) is 0 Å². The van der Waals surface area contributed by atoms with Crippen molar-refractivity contribution < 1.29 is 14.3 Å². The summed E-state index contributed by atoms with van der Waals surface area (Å²) in [6, 6.07) is 9.40. The van der Waals surface area contributed by atoms with Crippen LogP contribution in [0.2, 0.25) is 0 Å². The van der Waals surface area contributed by atoms with Gasteiger partial charge in [-0.2, -0.15) is 10.4 Å². The van der Waals surface area contributed by atoms with Crippen molar-refractivity contribution in [3.8, 4) is 17.5 Å². The van der Waals surface area contributed by atoms with Gasteiger partial charge >= 0.3 is 0 Å². The number of amides is 1. The van der Waals surface area contributed by atoms with E-state index in [1.165, 1.54) is 26.2 Å². The van der Waals surface area contributed by atoms with Crippen LogP contribution < -0.4 is 10.6 Å². The molecule has 0 spiro atoms. The zero-order chi connectivity index (χ0) is 28.4. The van der Waals surface area contributed by atoms with Gasteiger partial charge in [0.25, 0.3) is 5.91 Å². The Morgan fingerprint density at radius 3 is 2.70 bits per heavy atom. The summed E-state index contributed by atoms with van der Waals surface area (Å²) in [5, 5.41) is 41.5. The molecule has 1 atom stereocenters. The first kappa shape index (κ1) is 27.1. The summed E-state index contributed by atoms with van der Waals surface area (Å²) in [7, 11) is 1.84. The van der Waals surface area contributed by atoms with Gasteiger partial charge in [0, 0.05) is 25.2 Å². The number of aliphatic hydroxyl groups is 1. The molecule has 12 nitrogen and oxygen atoms in total. The molecule has 4 aromatic rings. The van der Waals surface area contributed by atoms with Crippen molar-refractivity contribution in [2.45, 2.75) is 63.3 Å². The summed E-state index contributed by atoms with van der Waals surface area (Å²) in [5.41, 5.74) is 1.71. The molecule has 0 saturated heterocycles. The summed E-state index contributed by atoms with van der Waals surface area (Å²) >= 11 is 0. The minimum Gasteiger partial charge on any atom is -0.387 e. The Morgan fingerprint density at radius 1 is 1.25 bits per heavy atom. The van der Waals surface area contributed by atoms with Gasteiger partial charge < -0.3 is 15.7 Å². The summed E-state index contributed by atoms with van der Waals surface area (Å²) < 4.78 is 17.7. The smallest absolute Gasteiger partial charge is 0.255 e. The lowest BCUT2D eigenvalue weighted by molar-refractivity contribution is -0.00177. The molecule has 4 aromatic heterocycles. The SMILES string of the molecule is Cn1nnnc1C1CCC(Nc2cc(-c3ccc4cc(C#N)cnn34)ncc2C(=O)NC[C@@H](F)C(C)(C)O)CC1. The molecule has 0 unspecified atom stereocenters. The van der Waals surface area contributed by atoms with Gasteiger partial charge in [-0.1, -0.05) is 0 Å². The zero-order valence-corrected chi connectivity index (χ0v) is 22.5. The number of tetrazole rings is 1. The van der Waals surface area contributed by atoms with Crippen LogP contribution in [0, 0.1) is 11.3 Å². The second-order valence-electron chi connectivity index (χ2n) is 10.7. The third-order valence-corrected chi connectivity index (χ3v) is 7.35. The summed E-state index contributed by atoms with van der Waals surface area (Å²) in [4.78, 5) is 17.7. The van der Waals surface area contributed by atoms with E-state index < -0.39 is 17.7 Å². The second kappa shape index (κ2) is 11.0. The summed E-state index contributed by atoms with van der Waals surface area (Å²) in [6.07, 6.45) is 4.76. The summed E-state index contributed by atoms with van der Waals surface area (Å²) in [5.74, 6) is 0.627. The molecule has 0 bridgehead atoms. The number of rotatable bonds is 8. The summed E-state index contributed by atoms with van der Waals surface area (Å²) in [6.45, 7) is 2.38. The lowest BCUT2D eigenvalue weighted by atomic mass is 9.85. The number of nitrogens with one attached hydrogen (secondary N) is 2. The van der Waals surface area contributed by atoms with E-state index in [0.717, 1.165) is 37.0 Å². The molecular weight excluding hydrogens is 515 g/mol. The van der Waals surface area contributed by atoms with Crippen molar-refractivity contribution in [1.82, 2.24) is 40.1 Å². The highest BCUT2D eigenvalue weighted by atomic mass is 19.1. The van der Waals surface area contributed by atoms with Crippen LogP contribution in [0.1, 0.15) is 67.2 Å². The maximum absolute atomic E-state index is 14.4. The Kier molecular flexibility index (Phi) is 7.44. The highest BCUT2D eigenvalue weighted by Gasteiger charge is 2.29. The maximum atomic E-state index is 14.4. The topological polar surface area (TPSA) is 159 Å². The van der Waals surface area contributed by atoms with Crippen LogP contribution in [0.5, 0.6) is 0 Å².